The highest BCUT2D eigenvalue weighted by atomic mass is 15.2. The quantitative estimate of drug-likeness (QED) is 0.824. The molecule has 1 aromatic rings. The lowest BCUT2D eigenvalue weighted by Gasteiger charge is -2.41. The molecule has 1 unspecified atom stereocenters. The van der Waals surface area contributed by atoms with Gasteiger partial charge in [-0.25, -0.2) is 0 Å². The highest BCUT2D eigenvalue weighted by Gasteiger charge is 2.30. The number of rotatable bonds is 3. The summed E-state index contributed by atoms with van der Waals surface area (Å²) in [6, 6.07) is 9.51. The van der Waals surface area contributed by atoms with Gasteiger partial charge in [-0.15, -0.1) is 0 Å². The van der Waals surface area contributed by atoms with Gasteiger partial charge in [0.25, 0.3) is 0 Å². The third-order valence-corrected chi connectivity index (χ3v) is 4.91. The zero-order valence-corrected chi connectivity index (χ0v) is 12.8. The predicted molar refractivity (Wildman–Crippen MR) is 83.1 cm³/mol. The number of hydrogen-bond acceptors (Lipinski definition) is 2. The van der Waals surface area contributed by atoms with Crippen LogP contribution in [0, 0.1) is 5.41 Å². The minimum Gasteiger partial charge on any atom is -0.399 e. The van der Waals surface area contributed by atoms with Crippen LogP contribution in [0.3, 0.4) is 0 Å². The predicted octanol–water partition coefficient (Wildman–Crippen LogP) is 4.23. The van der Waals surface area contributed by atoms with Crippen molar-refractivity contribution in [2.75, 3.05) is 12.8 Å². The lowest BCUT2D eigenvalue weighted by atomic mass is 9.75. The topological polar surface area (TPSA) is 29.3 Å². The monoisotopic (exact) mass is 260 g/mol. The molecule has 0 amide bonds. The molecule has 1 fully saturated rings. The van der Waals surface area contributed by atoms with Crippen molar-refractivity contribution in [1.29, 1.82) is 0 Å². The van der Waals surface area contributed by atoms with Crippen molar-refractivity contribution in [1.82, 2.24) is 4.90 Å². The fourth-order valence-corrected chi connectivity index (χ4v) is 3.12. The molecule has 2 heteroatoms. The Labute approximate surface area is 118 Å². The van der Waals surface area contributed by atoms with Gasteiger partial charge in [-0.05, 0) is 62.8 Å². The summed E-state index contributed by atoms with van der Waals surface area (Å²) >= 11 is 0. The molecule has 2 nitrogen and oxygen atoms in total. The first-order valence-corrected chi connectivity index (χ1v) is 7.46. The lowest BCUT2D eigenvalue weighted by Crippen LogP contribution is -2.38. The molecule has 0 bridgehead atoms. The summed E-state index contributed by atoms with van der Waals surface area (Å²) < 4.78 is 0. The van der Waals surface area contributed by atoms with Gasteiger partial charge in [-0.3, -0.25) is 4.90 Å². The van der Waals surface area contributed by atoms with Gasteiger partial charge in [0.1, 0.15) is 0 Å². The van der Waals surface area contributed by atoms with Crippen molar-refractivity contribution >= 4 is 5.69 Å². The van der Waals surface area contributed by atoms with Crippen LogP contribution in [0.1, 0.15) is 58.1 Å². The second kappa shape index (κ2) is 5.54. The minimum absolute atomic E-state index is 0.465. The Morgan fingerprint density at radius 2 is 1.68 bits per heavy atom. The molecular formula is C17H28N2. The van der Waals surface area contributed by atoms with E-state index in [0.29, 0.717) is 11.5 Å². The van der Waals surface area contributed by atoms with E-state index in [9.17, 15) is 0 Å². The van der Waals surface area contributed by atoms with E-state index < -0.39 is 0 Å². The third kappa shape index (κ3) is 3.50. The summed E-state index contributed by atoms with van der Waals surface area (Å²) in [7, 11) is 2.27. The molecule has 0 saturated heterocycles. The Bertz CT molecular complexity index is 398. The lowest BCUT2D eigenvalue weighted by molar-refractivity contribution is 0.100. The van der Waals surface area contributed by atoms with Crippen molar-refractivity contribution in [3.05, 3.63) is 29.8 Å². The minimum atomic E-state index is 0.465. The Kier molecular flexibility index (Phi) is 4.19. The molecule has 1 aliphatic rings. The van der Waals surface area contributed by atoms with Gasteiger partial charge in [-0.1, -0.05) is 26.0 Å². The van der Waals surface area contributed by atoms with Crippen molar-refractivity contribution in [2.45, 2.75) is 58.5 Å². The molecule has 1 atom stereocenters. The van der Waals surface area contributed by atoms with Crippen LogP contribution in [0.2, 0.25) is 0 Å². The number of benzene rings is 1. The van der Waals surface area contributed by atoms with Crippen LogP contribution < -0.4 is 5.73 Å². The molecule has 19 heavy (non-hydrogen) atoms. The molecule has 0 aromatic heterocycles. The fraction of sp³-hybridized carbons (Fsp3) is 0.647. The maximum absolute atomic E-state index is 5.76. The summed E-state index contributed by atoms with van der Waals surface area (Å²) in [4.78, 5) is 2.54. The standard InChI is InChI=1S/C17H28N2/c1-13(14-5-7-15(18)8-6-14)19(4)16-9-11-17(2,3)12-10-16/h5-8,13,16H,9-12,18H2,1-4H3. The molecule has 0 spiro atoms. The van der Waals surface area contributed by atoms with E-state index >= 15 is 0 Å². The Balaban J connectivity index is 1.99. The van der Waals surface area contributed by atoms with Crippen molar-refractivity contribution in [3.63, 3.8) is 0 Å². The average molecular weight is 260 g/mol. The molecule has 0 radical (unpaired) electrons. The van der Waals surface area contributed by atoms with E-state index in [1.807, 2.05) is 12.1 Å². The van der Waals surface area contributed by atoms with Crippen molar-refractivity contribution < 1.29 is 0 Å². The Morgan fingerprint density at radius 1 is 1.16 bits per heavy atom. The summed E-state index contributed by atoms with van der Waals surface area (Å²) in [6.07, 6.45) is 5.33. The molecule has 1 saturated carbocycles. The van der Waals surface area contributed by atoms with Crippen molar-refractivity contribution in [2.24, 2.45) is 5.41 Å². The Morgan fingerprint density at radius 3 is 2.21 bits per heavy atom. The maximum atomic E-state index is 5.76. The van der Waals surface area contributed by atoms with Crippen LogP contribution in [0.15, 0.2) is 24.3 Å². The molecule has 1 aliphatic carbocycles. The number of hydrogen-bond donors (Lipinski definition) is 1. The van der Waals surface area contributed by atoms with E-state index in [4.69, 9.17) is 5.73 Å². The fourth-order valence-electron chi connectivity index (χ4n) is 3.12. The molecule has 106 valence electrons. The van der Waals surface area contributed by atoms with Gasteiger partial charge in [0.2, 0.25) is 0 Å². The van der Waals surface area contributed by atoms with Crippen LogP contribution >= 0.6 is 0 Å². The van der Waals surface area contributed by atoms with Crippen molar-refractivity contribution in [3.8, 4) is 0 Å². The van der Waals surface area contributed by atoms with Crippen LogP contribution in [0.4, 0.5) is 5.69 Å². The first-order valence-electron chi connectivity index (χ1n) is 7.46. The van der Waals surface area contributed by atoms with E-state index in [2.05, 4.69) is 44.9 Å². The molecule has 2 rings (SSSR count). The summed E-state index contributed by atoms with van der Waals surface area (Å²) in [5, 5.41) is 0. The largest absolute Gasteiger partial charge is 0.399 e. The Hall–Kier alpha value is -1.02. The van der Waals surface area contributed by atoms with Gasteiger partial charge in [0.05, 0.1) is 0 Å². The summed E-state index contributed by atoms with van der Waals surface area (Å²) in [5.41, 5.74) is 8.51. The SMILES string of the molecule is CC(c1ccc(N)cc1)N(C)C1CCC(C)(C)CC1. The van der Waals surface area contributed by atoms with Gasteiger partial charge in [-0.2, -0.15) is 0 Å². The van der Waals surface area contributed by atoms with Gasteiger partial charge >= 0.3 is 0 Å². The highest BCUT2D eigenvalue weighted by Crippen LogP contribution is 2.38. The maximum Gasteiger partial charge on any atom is 0.0319 e. The molecule has 0 heterocycles. The van der Waals surface area contributed by atoms with Crippen LogP contribution in [0.25, 0.3) is 0 Å². The van der Waals surface area contributed by atoms with Gasteiger partial charge in [0.15, 0.2) is 0 Å². The first-order chi connectivity index (χ1) is 8.89. The smallest absolute Gasteiger partial charge is 0.0319 e. The van der Waals surface area contributed by atoms with E-state index in [-0.39, 0.29) is 0 Å². The number of nitrogens with zero attached hydrogens (tertiary/aromatic N) is 1. The second-order valence-electron chi connectivity index (χ2n) is 6.90. The first kappa shape index (κ1) is 14.4. The van der Waals surface area contributed by atoms with Gasteiger partial charge < -0.3 is 5.73 Å². The number of anilines is 1. The number of nitrogens with two attached hydrogens (primary N) is 1. The van der Waals surface area contributed by atoms with Crippen LogP contribution in [0.5, 0.6) is 0 Å². The normalized spacial score (nSPS) is 21.5. The zero-order valence-electron chi connectivity index (χ0n) is 12.8. The van der Waals surface area contributed by atoms with Crippen LogP contribution in [-0.2, 0) is 0 Å². The van der Waals surface area contributed by atoms with Gasteiger partial charge in [0, 0.05) is 17.8 Å². The van der Waals surface area contributed by atoms with E-state index in [0.717, 1.165) is 11.7 Å². The summed E-state index contributed by atoms with van der Waals surface area (Å²) in [6.45, 7) is 7.09. The molecule has 2 N–H and O–H groups in total. The zero-order chi connectivity index (χ0) is 14.0. The second-order valence-corrected chi connectivity index (χ2v) is 6.90. The van der Waals surface area contributed by atoms with E-state index in [1.54, 1.807) is 0 Å². The number of nitrogen functional groups attached to an aromatic ring is 1. The van der Waals surface area contributed by atoms with E-state index in [1.165, 1.54) is 31.2 Å². The summed E-state index contributed by atoms with van der Waals surface area (Å²) in [5.74, 6) is 0. The highest BCUT2D eigenvalue weighted by molar-refractivity contribution is 5.40. The molecular weight excluding hydrogens is 232 g/mol. The molecule has 0 aliphatic heterocycles. The molecule has 1 aromatic carbocycles. The average Bonchev–Trinajstić information content (AvgIpc) is 2.38. The third-order valence-electron chi connectivity index (χ3n) is 4.91. The van der Waals surface area contributed by atoms with Crippen LogP contribution in [-0.4, -0.2) is 18.0 Å².